The summed E-state index contributed by atoms with van der Waals surface area (Å²) in [5, 5.41) is 11.0. The number of hydrogen-bond donors (Lipinski definition) is 1. The van der Waals surface area contributed by atoms with Crippen molar-refractivity contribution in [3.63, 3.8) is 0 Å². The number of rotatable bonds is 6. The van der Waals surface area contributed by atoms with E-state index in [1.54, 1.807) is 42.5 Å². The molecule has 2 heterocycles. The third kappa shape index (κ3) is 4.90. The lowest BCUT2D eigenvalue weighted by atomic mass is 10.1. The van der Waals surface area contributed by atoms with E-state index in [0.29, 0.717) is 47.7 Å². The Hall–Kier alpha value is -4.66. The zero-order valence-corrected chi connectivity index (χ0v) is 19.7. The van der Waals surface area contributed by atoms with Crippen LogP contribution in [0.1, 0.15) is 22.8 Å². The van der Waals surface area contributed by atoms with Gasteiger partial charge >= 0.3 is 5.97 Å². The van der Waals surface area contributed by atoms with Crippen LogP contribution in [0.5, 0.6) is 11.5 Å². The molecule has 9 heteroatoms. The fourth-order valence-electron chi connectivity index (χ4n) is 3.66. The number of anilines is 1. The summed E-state index contributed by atoms with van der Waals surface area (Å²) in [6, 6.07) is 19.4. The first-order valence-corrected chi connectivity index (χ1v) is 11.4. The van der Waals surface area contributed by atoms with Crippen LogP contribution in [0.15, 0.2) is 71.1 Å². The van der Waals surface area contributed by atoms with Crippen LogP contribution in [0.2, 0.25) is 0 Å². The summed E-state index contributed by atoms with van der Waals surface area (Å²) in [4.78, 5) is 25.1. The molecule has 0 bridgehead atoms. The molecule has 1 aliphatic heterocycles. The molecule has 182 valence electrons. The van der Waals surface area contributed by atoms with Gasteiger partial charge in [0.1, 0.15) is 13.2 Å². The van der Waals surface area contributed by atoms with Gasteiger partial charge in [-0.3, -0.25) is 4.79 Å². The summed E-state index contributed by atoms with van der Waals surface area (Å²) in [6.07, 6.45) is -1.02. The number of esters is 1. The standard InChI is InChI=1S/C27H23N3O6/c1-16-5-3-4-6-21(16)26-30-29-25(36-26)18-7-9-19(10-8-18)27(32)35-17(2)24(31)28-20-11-12-22-23(15-20)34-14-13-33-22/h3-12,15,17H,13-14H2,1-2H3,(H,28,31). The maximum Gasteiger partial charge on any atom is 0.338 e. The van der Waals surface area contributed by atoms with Crippen LogP contribution < -0.4 is 14.8 Å². The monoisotopic (exact) mass is 485 g/mol. The first-order chi connectivity index (χ1) is 17.5. The van der Waals surface area contributed by atoms with E-state index in [9.17, 15) is 9.59 Å². The highest BCUT2D eigenvalue weighted by Crippen LogP contribution is 2.32. The molecule has 1 amide bonds. The summed E-state index contributed by atoms with van der Waals surface area (Å²) in [6.45, 7) is 4.40. The Kier molecular flexibility index (Phi) is 6.36. The number of amides is 1. The fraction of sp³-hybridized carbons (Fsp3) is 0.185. The molecule has 4 aromatic rings. The molecule has 9 nitrogen and oxygen atoms in total. The van der Waals surface area contributed by atoms with Crippen molar-refractivity contribution in [2.75, 3.05) is 18.5 Å². The Balaban J connectivity index is 1.21. The predicted octanol–water partition coefficient (Wildman–Crippen LogP) is 4.67. The van der Waals surface area contributed by atoms with Gasteiger partial charge in [-0.05, 0) is 61.9 Å². The van der Waals surface area contributed by atoms with Crippen LogP contribution >= 0.6 is 0 Å². The normalized spacial score (nSPS) is 13.1. The number of nitrogens with one attached hydrogen (secondary N) is 1. The number of benzene rings is 3. The highest BCUT2D eigenvalue weighted by Gasteiger charge is 2.21. The van der Waals surface area contributed by atoms with Crippen molar-refractivity contribution in [2.45, 2.75) is 20.0 Å². The molecular formula is C27H23N3O6. The molecule has 0 spiro atoms. The summed E-state index contributed by atoms with van der Waals surface area (Å²) in [7, 11) is 0. The summed E-state index contributed by atoms with van der Waals surface area (Å²) < 4.78 is 22.2. The van der Waals surface area contributed by atoms with Gasteiger partial charge in [0.05, 0.1) is 5.56 Å². The van der Waals surface area contributed by atoms with Crippen molar-refractivity contribution >= 4 is 17.6 Å². The summed E-state index contributed by atoms with van der Waals surface area (Å²) in [5.74, 6) is 0.832. The summed E-state index contributed by atoms with van der Waals surface area (Å²) >= 11 is 0. The van der Waals surface area contributed by atoms with Crippen LogP contribution in [0.3, 0.4) is 0 Å². The van der Waals surface area contributed by atoms with Gasteiger partial charge in [0.2, 0.25) is 11.8 Å². The molecule has 0 saturated heterocycles. The van der Waals surface area contributed by atoms with Crippen molar-refractivity contribution in [1.29, 1.82) is 0 Å². The third-order valence-corrected chi connectivity index (χ3v) is 5.63. The number of hydrogen-bond acceptors (Lipinski definition) is 8. The Labute approximate surface area is 207 Å². The number of ether oxygens (including phenoxy) is 3. The van der Waals surface area contributed by atoms with E-state index in [1.807, 2.05) is 31.2 Å². The van der Waals surface area contributed by atoms with Crippen LogP contribution in [0.25, 0.3) is 22.9 Å². The number of carbonyl (C=O) groups excluding carboxylic acids is 2. The first kappa shape index (κ1) is 23.1. The fourth-order valence-corrected chi connectivity index (χ4v) is 3.66. The lowest BCUT2D eigenvalue weighted by Crippen LogP contribution is -2.30. The molecule has 0 radical (unpaired) electrons. The van der Waals surface area contributed by atoms with Gasteiger partial charge in [0, 0.05) is 22.9 Å². The Morgan fingerprint density at radius 1 is 0.917 bits per heavy atom. The molecule has 1 atom stereocenters. The van der Waals surface area contributed by atoms with Crippen molar-refractivity contribution in [3.8, 4) is 34.4 Å². The molecule has 1 aromatic heterocycles. The number of carbonyl (C=O) groups is 2. The van der Waals surface area contributed by atoms with Gasteiger partial charge < -0.3 is 23.9 Å². The Morgan fingerprint density at radius 2 is 1.64 bits per heavy atom. The third-order valence-electron chi connectivity index (χ3n) is 5.63. The van der Waals surface area contributed by atoms with Gasteiger partial charge in [-0.15, -0.1) is 10.2 Å². The van der Waals surface area contributed by atoms with Gasteiger partial charge in [-0.2, -0.15) is 0 Å². The van der Waals surface area contributed by atoms with Crippen molar-refractivity contribution in [1.82, 2.24) is 10.2 Å². The predicted molar refractivity (Wildman–Crippen MR) is 131 cm³/mol. The van der Waals surface area contributed by atoms with Crippen LogP contribution in [0, 0.1) is 6.92 Å². The Morgan fingerprint density at radius 3 is 2.42 bits per heavy atom. The molecule has 0 aliphatic carbocycles. The van der Waals surface area contributed by atoms with Gasteiger partial charge in [0.15, 0.2) is 17.6 Å². The molecule has 1 aliphatic rings. The minimum Gasteiger partial charge on any atom is -0.486 e. The number of aromatic nitrogens is 2. The maximum absolute atomic E-state index is 12.6. The minimum atomic E-state index is -1.02. The second-order valence-corrected chi connectivity index (χ2v) is 8.20. The first-order valence-electron chi connectivity index (χ1n) is 11.4. The van der Waals surface area contributed by atoms with Crippen LogP contribution in [-0.4, -0.2) is 41.4 Å². The van der Waals surface area contributed by atoms with E-state index >= 15 is 0 Å². The summed E-state index contributed by atoms with van der Waals surface area (Å²) in [5.41, 5.74) is 3.35. The maximum atomic E-state index is 12.6. The zero-order valence-electron chi connectivity index (χ0n) is 19.7. The highest BCUT2D eigenvalue weighted by atomic mass is 16.6. The molecule has 36 heavy (non-hydrogen) atoms. The van der Waals surface area contributed by atoms with Crippen molar-refractivity contribution in [2.24, 2.45) is 0 Å². The molecule has 0 saturated carbocycles. The molecule has 3 aromatic carbocycles. The number of nitrogens with zero attached hydrogens (tertiary/aromatic N) is 2. The van der Waals surface area contributed by atoms with E-state index in [0.717, 1.165) is 11.1 Å². The van der Waals surface area contributed by atoms with E-state index < -0.39 is 18.0 Å². The molecule has 1 unspecified atom stereocenters. The van der Waals surface area contributed by atoms with E-state index in [1.165, 1.54) is 6.92 Å². The smallest absolute Gasteiger partial charge is 0.338 e. The molecule has 0 fully saturated rings. The van der Waals surface area contributed by atoms with Crippen molar-refractivity contribution in [3.05, 3.63) is 77.9 Å². The average Bonchev–Trinajstić information content (AvgIpc) is 3.39. The van der Waals surface area contributed by atoms with E-state index in [2.05, 4.69) is 15.5 Å². The SMILES string of the molecule is Cc1ccccc1-c1nnc(-c2ccc(C(=O)OC(C)C(=O)Nc3ccc4c(c3)OCCO4)cc2)o1. The largest absolute Gasteiger partial charge is 0.486 e. The van der Waals surface area contributed by atoms with Crippen molar-refractivity contribution < 1.29 is 28.2 Å². The minimum absolute atomic E-state index is 0.288. The van der Waals surface area contributed by atoms with Gasteiger partial charge in [0.25, 0.3) is 5.91 Å². The molecule has 5 rings (SSSR count). The number of aryl methyl sites for hydroxylation is 1. The lowest BCUT2D eigenvalue weighted by Gasteiger charge is -2.19. The van der Waals surface area contributed by atoms with Gasteiger partial charge in [-0.25, -0.2) is 4.79 Å². The molecule has 1 N–H and O–H groups in total. The Bertz CT molecular complexity index is 1410. The topological polar surface area (TPSA) is 113 Å². The average molecular weight is 485 g/mol. The van der Waals surface area contributed by atoms with Crippen LogP contribution in [0.4, 0.5) is 5.69 Å². The van der Waals surface area contributed by atoms with Gasteiger partial charge in [-0.1, -0.05) is 18.2 Å². The van der Waals surface area contributed by atoms with E-state index in [-0.39, 0.29) is 5.56 Å². The van der Waals surface area contributed by atoms with E-state index in [4.69, 9.17) is 18.6 Å². The quantitative estimate of drug-likeness (QED) is 0.392. The lowest BCUT2D eigenvalue weighted by molar-refractivity contribution is -0.123. The second-order valence-electron chi connectivity index (χ2n) is 8.20. The highest BCUT2D eigenvalue weighted by molar-refractivity contribution is 5.97. The second kappa shape index (κ2) is 9.91. The van der Waals surface area contributed by atoms with Crippen LogP contribution in [-0.2, 0) is 9.53 Å². The molecular weight excluding hydrogens is 462 g/mol. The number of fused-ring (bicyclic) bond motifs is 1. The zero-order chi connectivity index (χ0) is 25.1.